The lowest BCUT2D eigenvalue weighted by molar-refractivity contribution is -0.140. The number of sulfonamides is 1. The summed E-state index contributed by atoms with van der Waals surface area (Å²) >= 11 is 18.7. The van der Waals surface area contributed by atoms with Crippen LogP contribution in [0.1, 0.15) is 56.6 Å². The SMILES string of the molecule is CC[C@H](C(=O)NC1CCCCC1)N(Cc1ccc(Cl)cc1Cl)C(=O)CN(c1ccccc1C)S(=O)(=O)c1ccc(Cl)cc1. The van der Waals surface area contributed by atoms with Crippen LogP contribution in [0.3, 0.4) is 0 Å². The molecule has 0 bridgehead atoms. The molecule has 1 saturated carbocycles. The van der Waals surface area contributed by atoms with Crippen LogP contribution < -0.4 is 9.62 Å². The fraction of sp³-hybridized carbons (Fsp3) is 0.375. The van der Waals surface area contributed by atoms with E-state index in [0.29, 0.717) is 38.3 Å². The number of hydrogen-bond donors (Lipinski definition) is 1. The minimum absolute atomic E-state index is 0.00592. The molecule has 11 heteroatoms. The summed E-state index contributed by atoms with van der Waals surface area (Å²) < 4.78 is 29.2. The number of halogens is 3. The third-order valence-electron chi connectivity index (χ3n) is 7.76. The second-order valence-electron chi connectivity index (χ2n) is 10.8. The molecule has 0 spiro atoms. The molecule has 3 aromatic carbocycles. The third kappa shape index (κ3) is 8.24. The summed E-state index contributed by atoms with van der Waals surface area (Å²) in [6.45, 7) is 3.07. The van der Waals surface area contributed by atoms with Gasteiger partial charge in [-0.25, -0.2) is 8.42 Å². The number of para-hydroxylation sites is 1. The van der Waals surface area contributed by atoms with Gasteiger partial charge in [-0.15, -0.1) is 0 Å². The van der Waals surface area contributed by atoms with E-state index >= 15 is 0 Å². The summed E-state index contributed by atoms with van der Waals surface area (Å²) in [5.74, 6) is -0.812. The molecule has 1 N–H and O–H groups in total. The number of amides is 2. The van der Waals surface area contributed by atoms with Crippen molar-refractivity contribution >= 4 is 62.3 Å². The van der Waals surface area contributed by atoms with E-state index in [2.05, 4.69) is 5.32 Å². The molecule has 1 aliphatic rings. The summed E-state index contributed by atoms with van der Waals surface area (Å²) in [6, 6.07) is 16.9. The van der Waals surface area contributed by atoms with Crippen LogP contribution in [0, 0.1) is 6.92 Å². The van der Waals surface area contributed by atoms with Crippen molar-refractivity contribution in [1.29, 1.82) is 0 Å². The van der Waals surface area contributed by atoms with Crippen molar-refractivity contribution in [1.82, 2.24) is 10.2 Å². The Bertz CT molecular complexity index is 1540. The average Bonchev–Trinajstić information content (AvgIpc) is 2.98. The van der Waals surface area contributed by atoms with Gasteiger partial charge in [-0.05, 0) is 79.8 Å². The van der Waals surface area contributed by atoms with Crippen LogP contribution in [0.15, 0.2) is 71.6 Å². The van der Waals surface area contributed by atoms with E-state index in [1.165, 1.54) is 29.2 Å². The second-order valence-corrected chi connectivity index (χ2v) is 13.9. The van der Waals surface area contributed by atoms with Crippen molar-refractivity contribution in [2.24, 2.45) is 0 Å². The van der Waals surface area contributed by atoms with Gasteiger partial charge in [-0.2, -0.15) is 0 Å². The first-order valence-corrected chi connectivity index (χ1v) is 17.0. The summed E-state index contributed by atoms with van der Waals surface area (Å²) in [7, 11) is -4.20. The molecule has 0 aliphatic heterocycles. The Morgan fingerprint density at radius 3 is 2.21 bits per heavy atom. The maximum atomic E-state index is 14.3. The molecule has 0 radical (unpaired) electrons. The van der Waals surface area contributed by atoms with Crippen LogP contribution in [0.4, 0.5) is 5.69 Å². The molecule has 0 heterocycles. The number of aryl methyl sites for hydroxylation is 1. The van der Waals surface area contributed by atoms with Gasteiger partial charge in [0.1, 0.15) is 12.6 Å². The van der Waals surface area contributed by atoms with Crippen LogP contribution in [0.5, 0.6) is 0 Å². The highest BCUT2D eigenvalue weighted by molar-refractivity contribution is 7.92. The van der Waals surface area contributed by atoms with E-state index in [1.807, 2.05) is 6.92 Å². The summed E-state index contributed by atoms with van der Waals surface area (Å²) in [6.07, 6.45) is 5.32. The largest absolute Gasteiger partial charge is 0.352 e. The molecule has 0 unspecified atom stereocenters. The number of carbonyl (C=O) groups excluding carboxylic acids is 2. The lowest BCUT2D eigenvalue weighted by atomic mass is 9.95. The fourth-order valence-electron chi connectivity index (χ4n) is 5.39. The van der Waals surface area contributed by atoms with E-state index in [-0.39, 0.29) is 23.4 Å². The predicted molar refractivity (Wildman–Crippen MR) is 173 cm³/mol. The van der Waals surface area contributed by atoms with Crippen LogP contribution >= 0.6 is 34.8 Å². The Labute approximate surface area is 269 Å². The van der Waals surface area contributed by atoms with Crippen molar-refractivity contribution in [2.45, 2.75) is 75.9 Å². The Morgan fingerprint density at radius 2 is 1.58 bits per heavy atom. The molecule has 7 nitrogen and oxygen atoms in total. The second kappa shape index (κ2) is 14.8. The van der Waals surface area contributed by atoms with Gasteiger partial charge in [0.25, 0.3) is 10.0 Å². The van der Waals surface area contributed by atoms with Gasteiger partial charge in [-0.3, -0.25) is 13.9 Å². The topological polar surface area (TPSA) is 86.8 Å². The molecule has 4 rings (SSSR count). The Kier molecular flexibility index (Phi) is 11.4. The third-order valence-corrected chi connectivity index (χ3v) is 10.4. The first-order valence-electron chi connectivity index (χ1n) is 14.4. The van der Waals surface area contributed by atoms with Gasteiger partial charge in [0.2, 0.25) is 11.8 Å². The van der Waals surface area contributed by atoms with Crippen molar-refractivity contribution < 1.29 is 18.0 Å². The summed E-state index contributed by atoms with van der Waals surface area (Å²) in [5, 5.41) is 4.31. The van der Waals surface area contributed by atoms with Crippen molar-refractivity contribution in [3.05, 3.63) is 92.9 Å². The highest BCUT2D eigenvalue weighted by atomic mass is 35.5. The first-order chi connectivity index (χ1) is 20.5. The number of benzene rings is 3. The number of anilines is 1. The van der Waals surface area contributed by atoms with Crippen LogP contribution in [-0.4, -0.2) is 43.8 Å². The van der Waals surface area contributed by atoms with E-state index in [4.69, 9.17) is 34.8 Å². The monoisotopic (exact) mass is 663 g/mol. The van der Waals surface area contributed by atoms with E-state index < -0.39 is 28.5 Å². The molecule has 1 fully saturated rings. The van der Waals surface area contributed by atoms with Gasteiger partial charge in [-0.1, -0.05) is 85.3 Å². The van der Waals surface area contributed by atoms with E-state index in [9.17, 15) is 18.0 Å². The molecular formula is C32H36Cl3N3O4S. The molecule has 230 valence electrons. The molecule has 3 aromatic rings. The predicted octanol–water partition coefficient (Wildman–Crippen LogP) is 7.41. The van der Waals surface area contributed by atoms with Gasteiger partial charge < -0.3 is 10.2 Å². The first kappa shape index (κ1) is 33.1. The Balaban J connectivity index is 1.73. The number of nitrogens with one attached hydrogen (secondary N) is 1. The Morgan fingerprint density at radius 1 is 0.930 bits per heavy atom. The highest BCUT2D eigenvalue weighted by Gasteiger charge is 2.35. The zero-order chi connectivity index (χ0) is 31.1. The molecule has 2 amide bonds. The van der Waals surface area contributed by atoms with Crippen molar-refractivity contribution in [3.8, 4) is 0 Å². The van der Waals surface area contributed by atoms with Gasteiger partial charge in [0, 0.05) is 27.7 Å². The normalized spacial score (nSPS) is 14.6. The quantitative estimate of drug-likeness (QED) is 0.231. The Hall–Kier alpha value is -2.78. The average molecular weight is 665 g/mol. The summed E-state index contributed by atoms with van der Waals surface area (Å²) in [4.78, 5) is 29.4. The van der Waals surface area contributed by atoms with Gasteiger partial charge in [0.05, 0.1) is 10.6 Å². The van der Waals surface area contributed by atoms with Gasteiger partial charge >= 0.3 is 0 Å². The number of carbonyl (C=O) groups is 2. The highest BCUT2D eigenvalue weighted by Crippen LogP contribution is 2.29. The van der Waals surface area contributed by atoms with Crippen molar-refractivity contribution in [2.75, 3.05) is 10.8 Å². The van der Waals surface area contributed by atoms with E-state index in [0.717, 1.165) is 36.4 Å². The minimum Gasteiger partial charge on any atom is -0.352 e. The summed E-state index contributed by atoms with van der Waals surface area (Å²) in [5.41, 5.74) is 1.61. The van der Waals surface area contributed by atoms with Gasteiger partial charge in [0.15, 0.2) is 0 Å². The zero-order valence-corrected chi connectivity index (χ0v) is 27.3. The standard InChI is InChI=1S/C32H36Cl3N3O4S/c1-3-29(32(40)36-26-10-5-4-6-11-26)37(20-23-13-14-25(34)19-28(23)35)31(39)21-38(30-12-8-7-9-22(30)2)43(41,42)27-17-15-24(33)16-18-27/h7-9,12-19,26,29H,3-6,10-11,20-21H2,1-2H3,(H,36,40)/t29-/m1/s1. The lowest BCUT2D eigenvalue weighted by Gasteiger charge is -2.35. The number of hydrogen-bond acceptors (Lipinski definition) is 4. The molecule has 43 heavy (non-hydrogen) atoms. The minimum atomic E-state index is -4.20. The van der Waals surface area contributed by atoms with E-state index in [1.54, 1.807) is 49.4 Å². The smallest absolute Gasteiger partial charge is 0.264 e. The molecule has 0 saturated heterocycles. The number of rotatable bonds is 11. The zero-order valence-electron chi connectivity index (χ0n) is 24.2. The van der Waals surface area contributed by atoms with Crippen LogP contribution in [0.2, 0.25) is 15.1 Å². The van der Waals surface area contributed by atoms with Crippen LogP contribution in [-0.2, 0) is 26.2 Å². The maximum Gasteiger partial charge on any atom is 0.264 e. The fourth-order valence-corrected chi connectivity index (χ4v) is 7.46. The maximum absolute atomic E-state index is 14.3. The van der Waals surface area contributed by atoms with Crippen LogP contribution in [0.25, 0.3) is 0 Å². The van der Waals surface area contributed by atoms with Crippen molar-refractivity contribution in [3.63, 3.8) is 0 Å². The molecule has 1 atom stereocenters. The molecule has 1 aliphatic carbocycles. The molecular weight excluding hydrogens is 629 g/mol. The lowest BCUT2D eigenvalue weighted by Crippen LogP contribution is -2.54. The molecule has 0 aromatic heterocycles. The number of nitrogens with zero attached hydrogens (tertiary/aromatic N) is 2.